The molecule has 2 nitrogen and oxygen atoms in total. The van der Waals surface area contributed by atoms with Crippen molar-refractivity contribution in [1.82, 2.24) is 0 Å². The quantitative estimate of drug-likeness (QED) is 0.590. The Morgan fingerprint density at radius 3 is 1.71 bits per heavy atom. The first-order valence-electron chi connectivity index (χ1n) is 1.95. The topological polar surface area (TPSA) is 34.1 Å². The molecule has 0 saturated heterocycles. The fraction of sp³-hybridized carbons (Fsp3) is 0.750. The van der Waals surface area contributed by atoms with E-state index < -0.39 is 0 Å². The van der Waals surface area contributed by atoms with E-state index in [1.54, 1.807) is 6.92 Å². The van der Waals surface area contributed by atoms with E-state index in [1.165, 1.54) is 0 Å². The van der Waals surface area contributed by atoms with Crippen LogP contribution in [0.4, 0.5) is 0 Å². The number of carbonyl (C=O) groups is 1. The zero-order valence-corrected chi connectivity index (χ0v) is 7.02. The summed E-state index contributed by atoms with van der Waals surface area (Å²) in [5.74, 6) is 0.255. The van der Waals surface area contributed by atoms with Gasteiger partial charge in [0.2, 0.25) is 0 Å². The molecule has 0 aromatic rings. The molecule has 0 bridgehead atoms. The number of rotatable bonds is 1. The summed E-state index contributed by atoms with van der Waals surface area (Å²) in [6.45, 7) is 3.43. The Balaban J connectivity index is 0. The summed E-state index contributed by atoms with van der Waals surface area (Å²) in [4.78, 5) is 9.81. The summed E-state index contributed by atoms with van der Waals surface area (Å²) in [5, 5.41) is 0. The van der Waals surface area contributed by atoms with Gasteiger partial charge in [0.05, 0.1) is 0 Å². The van der Waals surface area contributed by atoms with E-state index in [2.05, 4.69) is 0 Å². The molecular formula is C4H8O2Sb. The molecule has 0 aliphatic heterocycles. The first kappa shape index (κ1) is 10.3. The van der Waals surface area contributed by atoms with Crippen LogP contribution >= 0.6 is 0 Å². The average molecular weight is 210 g/mol. The molecule has 7 heavy (non-hydrogen) atoms. The number of hydrogen-bond donors (Lipinski definition) is 0. The van der Waals surface area contributed by atoms with Crippen molar-refractivity contribution in [2.24, 2.45) is 0 Å². The Bertz CT molecular complexity index is 53.7. The minimum absolute atomic E-state index is 0.255. The van der Waals surface area contributed by atoms with Gasteiger partial charge in [-0.3, -0.25) is 0 Å². The van der Waals surface area contributed by atoms with Gasteiger partial charge in [0.1, 0.15) is 5.78 Å². The van der Waals surface area contributed by atoms with Gasteiger partial charge in [-0.2, -0.15) is 0 Å². The zero-order valence-electron chi connectivity index (χ0n) is 4.47. The van der Waals surface area contributed by atoms with Crippen LogP contribution in [-0.4, -0.2) is 28.8 Å². The van der Waals surface area contributed by atoms with Crippen molar-refractivity contribution in [3.05, 3.63) is 0 Å². The van der Waals surface area contributed by atoms with Crippen LogP contribution in [-0.2, 0) is 7.81 Å². The van der Waals surface area contributed by atoms with Gasteiger partial charge in [0.15, 0.2) is 0 Å². The van der Waals surface area contributed by atoms with Crippen LogP contribution in [0.3, 0.4) is 0 Å². The molecule has 0 spiro atoms. The maximum atomic E-state index is 9.81. The molecule has 0 aliphatic carbocycles. The third-order valence-corrected chi connectivity index (χ3v) is 0.498. The molecule has 0 amide bonds. The number of carbonyl (C=O) groups excluding carboxylic acids is 1. The first-order chi connectivity index (χ1) is 3.27. The van der Waals surface area contributed by atoms with Gasteiger partial charge in [-0.15, -0.1) is 0 Å². The van der Waals surface area contributed by atoms with Gasteiger partial charge in [0.25, 0.3) is 0 Å². The Morgan fingerprint density at radius 1 is 1.57 bits per heavy atom. The molecule has 0 rings (SSSR count). The Morgan fingerprint density at radius 2 is 1.71 bits per heavy atom. The summed E-state index contributed by atoms with van der Waals surface area (Å²) in [7, 11) is 0. The molecule has 0 unspecified atom stereocenters. The van der Waals surface area contributed by atoms with Gasteiger partial charge in [-0.05, 0) is 6.92 Å². The Hall–Kier alpha value is 0.288. The number of hydrogen-bond acceptors (Lipinski definition) is 2. The first-order valence-corrected chi connectivity index (χ1v) is 2.99. The molecule has 0 saturated carbocycles. The third kappa shape index (κ3) is 22.1. The molecule has 3 heteroatoms. The molecule has 41 valence electrons. The van der Waals surface area contributed by atoms with E-state index in [0.717, 1.165) is 0 Å². The van der Waals surface area contributed by atoms with Gasteiger partial charge >= 0.3 is 26.0 Å². The summed E-state index contributed by atoms with van der Waals surface area (Å²) >= 11 is 0.500. The predicted octanol–water partition coefficient (Wildman–Crippen LogP) is 0.486. The van der Waals surface area contributed by atoms with Gasteiger partial charge in [-0.25, -0.2) is 0 Å². The molecule has 0 fully saturated rings. The Kier molecular flexibility index (Phi) is 14.1. The van der Waals surface area contributed by atoms with Gasteiger partial charge in [0, 0.05) is 6.42 Å². The van der Waals surface area contributed by atoms with E-state index in [-0.39, 0.29) is 5.78 Å². The fourth-order valence-electron chi connectivity index (χ4n) is 0. The molecule has 0 aromatic carbocycles. The van der Waals surface area contributed by atoms with E-state index in [9.17, 15) is 4.79 Å². The molecule has 1 radical (unpaired) electrons. The predicted molar refractivity (Wildman–Crippen MR) is 27.4 cm³/mol. The summed E-state index contributed by atoms with van der Waals surface area (Å²) in [6.07, 6.45) is 0.667. The van der Waals surface area contributed by atoms with Crippen LogP contribution in [0.5, 0.6) is 0 Å². The SMILES string of the molecule is CCC(C)=O.[O]=[Sb]. The second kappa shape index (κ2) is 9.56. The van der Waals surface area contributed by atoms with Crippen molar-refractivity contribution in [2.75, 3.05) is 0 Å². The van der Waals surface area contributed by atoms with Gasteiger partial charge < -0.3 is 4.79 Å². The third-order valence-electron chi connectivity index (χ3n) is 0.498. The van der Waals surface area contributed by atoms with Crippen LogP contribution in [0.1, 0.15) is 20.3 Å². The molecule has 0 N–H and O–H groups in total. The van der Waals surface area contributed by atoms with Crippen LogP contribution in [0.2, 0.25) is 0 Å². The summed E-state index contributed by atoms with van der Waals surface area (Å²) in [5.41, 5.74) is 0. The van der Waals surface area contributed by atoms with E-state index in [1.807, 2.05) is 6.92 Å². The second-order valence-electron chi connectivity index (χ2n) is 1.06. The maximum absolute atomic E-state index is 9.81. The van der Waals surface area contributed by atoms with Crippen molar-refractivity contribution in [2.45, 2.75) is 20.3 Å². The summed E-state index contributed by atoms with van der Waals surface area (Å²) < 4.78 is 8.30. The van der Waals surface area contributed by atoms with Crippen molar-refractivity contribution in [3.63, 3.8) is 0 Å². The van der Waals surface area contributed by atoms with Crippen molar-refractivity contribution < 1.29 is 7.81 Å². The average Bonchev–Trinajstić information content (AvgIpc) is 1.73. The van der Waals surface area contributed by atoms with Crippen LogP contribution in [0, 0.1) is 0 Å². The van der Waals surface area contributed by atoms with Crippen LogP contribution in [0.25, 0.3) is 0 Å². The standard InChI is InChI=1S/C4H8O.O.Sb/c1-3-4(2)5;;/h3H2,1-2H3;;. The van der Waals surface area contributed by atoms with Gasteiger partial charge in [-0.1, -0.05) is 6.92 Å². The molecule has 0 aromatic heterocycles. The van der Waals surface area contributed by atoms with E-state index in [4.69, 9.17) is 3.02 Å². The molecule has 0 atom stereocenters. The summed E-state index contributed by atoms with van der Waals surface area (Å²) in [6, 6.07) is 0. The van der Waals surface area contributed by atoms with E-state index in [0.29, 0.717) is 29.4 Å². The molecule has 0 heterocycles. The van der Waals surface area contributed by atoms with Crippen molar-refractivity contribution >= 4 is 28.8 Å². The Labute approximate surface area is 57.2 Å². The fourth-order valence-corrected chi connectivity index (χ4v) is 0. The number of Topliss-reactive ketones (excluding diaryl/α,β-unsaturated/α-hetero) is 1. The monoisotopic (exact) mass is 209 g/mol. The van der Waals surface area contributed by atoms with Crippen LogP contribution in [0.15, 0.2) is 0 Å². The second-order valence-corrected chi connectivity index (χ2v) is 1.06. The number of ketones is 1. The van der Waals surface area contributed by atoms with Crippen LogP contribution < -0.4 is 0 Å². The van der Waals surface area contributed by atoms with Crippen molar-refractivity contribution in [3.8, 4) is 0 Å². The van der Waals surface area contributed by atoms with E-state index >= 15 is 0 Å². The normalized spacial score (nSPS) is 6.00. The minimum atomic E-state index is 0.255. The molecular weight excluding hydrogens is 202 g/mol. The van der Waals surface area contributed by atoms with Crippen molar-refractivity contribution in [1.29, 1.82) is 0 Å². The zero-order chi connectivity index (χ0) is 6.28. The molecule has 0 aliphatic rings.